The molecule has 0 radical (unpaired) electrons. The molecule has 0 heterocycles. The molecule has 0 aliphatic rings. The van der Waals surface area contributed by atoms with Crippen molar-refractivity contribution in [1.29, 1.82) is 0 Å². The van der Waals surface area contributed by atoms with Crippen molar-refractivity contribution in [2.24, 2.45) is 0 Å². The number of nitrogens with zero attached hydrogens (tertiary/aromatic N) is 1. The zero-order valence-corrected chi connectivity index (χ0v) is 47.9. The Morgan fingerprint density at radius 2 is 0.718 bits per heavy atom. The molecule has 0 bridgehead atoms. The fraction of sp³-hybridized carbons (Fsp3) is 0.919. The number of ether oxygens (including phenoxy) is 4. The smallest absolute Gasteiger partial charge is 0.361 e. The molecule has 9 nitrogen and oxygen atoms in total. The van der Waals surface area contributed by atoms with Crippen LogP contribution in [0.4, 0.5) is 0 Å². The van der Waals surface area contributed by atoms with Gasteiger partial charge >= 0.3 is 17.9 Å². The Bertz CT molecular complexity index is 1170. The van der Waals surface area contributed by atoms with Crippen molar-refractivity contribution >= 4 is 17.9 Å². The van der Waals surface area contributed by atoms with Gasteiger partial charge in [-0.15, -0.1) is 0 Å². The molecular formula is C62H120NO8+. The number of carbonyl (C=O) groups excluding carboxylic acids is 2. The summed E-state index contributed by atoms with van der Waals surface area (Å²) in [6.45, 7) is 4.82. The number of quaternary nitrogens is 1. The van der Waals surface area contributed by atoms with Crippen LogP contribution in [0.25, 0.3) is 0 Å². The molecule has 0 aliphatic heterocycles. The molecule has 0 spiro atoms. The number of hydrogen-bond acceptors (Lipinski definition) is 7. The summed E-state index contributed by atoms with van der Waals surface area (Å²) in [6.07, 6.45) is 61.2. The second-order valence-corrected chi connectivity index (χ2v) is 22.4. The molecule has 1 N–H and O–H groups in total. The summed E-state index contributed by atoms with van der Waals surface area (Å²) >= 11 is 0. The van der Waals surface area contributed by atoms with E-state index in [-0.39, 0.29) is 32.2 Å². The van der Waals surface area contributed by atoms with E-state index in [1.54, 1.807) is 0 Å². The quantitative estimate of drug-likeness (QED) is 0.0211. The highest BCUT2D eigenvalue weighted by Crippen LogP contribution is 2.18. The minimum absolute atomic E-state index is 0.177. The molecule has 2 unspecified atom stereocenters. The number of carbonyl (C=O) groups is 3. The highest BCUT2D eigenvalue weighted by atomic mass is 16.7. The maximum absolute atomic E-state index is 12.8. The van der Waals surface area contributed by atoms with E-state index < -0.39 is 24.3 Å². The van der Waals surface area contributed by atoms with Crippen molar-refractivity contribution in [3.05, 3.63) is 12.2 Å². The van der Waals surface area contributed by atoms with E-state index in [0.717, 1.165) is 51.4 Å². The number of allylic oxidation sites excluding steroid dienone is 2. The molecule has 0 fully saturated rings. The van der Waals surface area contributed by atoms with Crippen LogP contribution in [0.2, 0.25) is 0 Å². The normalized spacial score (nSPS) is 12.7. The van der Waals surface area contributed by atoms with Gasteiger partial charge in [0.2, 0.25) is 0 Å². The molecule has 420 valence electrons. The Morgan fingerprint density at radius 3 is 1.04 bits per heavy atom. The number of esters is 2. The number of carboxylic acids is 1. The van der Waals surface area contributed by atoms with Crippen molar-refractivity contribution in [2.45, 2.75) is 322 Å². The Labute approximate surface area is 440 Å². The van der Waals surface area contributed by atoms with E-state index in [9.17, 15) is 19.5 Å². The topological polar surface area (TPSA) is 108 Å². The summed E-state index contributed by atoms with van der Waals surface area (Å²) in [5.41, 5.74) is 0. The number of likely N-dealkylation sites (N-methyl/N-ethyl adjacent to an activating group) is 1. The highest BCUT2D eigenvalue weighted by Gasteiger charge is 2.25. The Balaban J connectivity index is 3.69. The number of unbranched alkanes of at least 4 members (excludes halogenated alkanes) is 41. The first-order valence-corrected chi connectivity index (χ1v) is 30.9. The van der Waals surface area contributed by atoms with Crippen LogP contribution in [0.1, 0.15) is 309 Å². The first-order chi connectivity index (χ1) is 34.6. The summed E-state index contributed by atoms with van der Waals surface area (Å²) < 4.78 is 22.6. The third-order valence-electron chi connectivity index (χ3n) is 14.0. The molecule has 0 aliphatic carbocycles. The highest BCUT2D eigenvalue weighted by molar-refractivity contribution is 5.71. The Morgan fingerprint density at radius 1 is 0.408 bits per heavy atom. The van der Waals surface area contributed by atoms with E-state index >= 15 is 0 Å². The summed E-state index contributed by atoms with van der Waals surface area (Å²) in [4.78, 5) is 36.9. The van der Waals surface area contributed by atoms with Crippen LogP contribution in [0.3, 0.4) is 0 Å². The summed E-state index contributed by atoms with van der Waals surface area (Å²) in [5, 5.41) is 9.62. The molecule has 0 aromatic carbocycles. The van der Waals surface area contributed by atoms with E-state index in [2.05, 4.69) is 26.0 Å². The first kappa shape index (κ1) is 69.0. The van der Waals surface area contributed by atoms with Gasteiger partial charge in [-0.3, -0.25) is 9.59 Å². The van der Waals surface area contributed by atoms with Gasteiger partial charge in [-0.05, 0) is 38.5 Å². The molecule has 0 saturated carbocycles. The largest absolute Gasteiger partial charge is 0.477 e. The zero-order chi connectivity index (χ0) is 52.0. The summed E-state index contributed by atoms with van der Waals surface area (Å²) in [7, 11) is 5.96. The number of carboxylic acid groups (broad SMARTS) is 1. The van der Waals surface area contributed by atoms with Crippen LogP contribution in [0.5, 0.6) is 0 Å². The Hall–Kier alpha value is -1.97. The van der Waals surface area contributed by atoms with Crippen molar-refractivity contribution < 1.29 is 42.9 Å². The lowest BCUT2D eigenvalue weighted by Crippen LogP contribution is -2.40. The molecule has 0 saturated heterocycles. The van der Waals surface area contributed by atoms with Gasteiger partial charge in [0.25, 0.3) is 6.29 Å². The molecule has 2 atom stereocenters. The molecule has 0 amide bonds. The number of rotatable bonds is 58. The van der Waals surface area contributed by atoms with Gasteiger partial charge in [-0.2, -0.15) is 0 Å². The SMILES string of the molecule is CCCCCCCCCC/C=C\CCCCCCCCCCCCCCCCCCCCCCCCCCCCCCCC(=O)OC(COC(=O)CCCCCCC)COC(OCC[N+](C)(C)C)C(=O)O. The first-order valence-electron chi connectivity index (χ1n) is 30.9. The Kier molecular flexibility index (Phi) is 52.8. The van der Waals surface area contributed by atoms with E-state index in [0.29, 0.717) is 17.4 Å². The minimum atomic E-state index is -1.50. The lowest BCUT2D eigenvalue weighted by molar-refractivity contribution is -0.870. The average molecular weight is 1010 g/mol. The third kappa shape index (κ3) is 55.6. The van der Waals surface area contributed by atoms with Crippen LogP contribution in [0.15, 0.2) is 12.2 Å². The molecular weight excluding hydrogens is 887 g/mol. The van der Waals surface area contributed by atoms with E-state index in [1.165, 1.54) is 231 Å². The maximum atomic E-state index is 12.8. The average Bonchev–Trinajstić information content (AvgIpc) is 3.34. The lowest BCUT2D eigenvalue weighted by Gasteiger charge is -2.25. The fourth-order valence-corrected chi connectivity index (χ4v) is 9.25. The van der Waals surface area contributed by atoms with Crippen molar-refractivity contribution in [2.75, 3.05) is 47.5 Å². The van der Waals surface area contributed by atoms with Crippen molar-refractivity contribution in [1.82, 2.24) is 0 Å². The van der Waals surface area contributed by atoms with Gasteiger partial charge in [-0.25, -0.2) is 4.79 Å². The van der Waals surface area contributed by atoms with Gasteiger partial charge in [0.1, 0.15) is 13.2 Å². The standard InChI is InChI=1S/C62H119NO8/c1-6-8-10-12-13-14-15-16-17-18-19-20-21-22-23-24-25-26-27-28-29-30-31-32-33-34-35-36-37-38-39-40-41-42-43-44-45-46-47-49-51-53-60(65)71-58(56-69-59(64)52-50-48-11-9-7-2)57-70-62(61(66)67)68-55-54-63(3,4)5/h18-19,58,62H,6-17,20-57H2,1-5H3/p+1/b19-18-. The molecule has 71 heavy (non-hydrogen) atoms. The predicted molar refractivity (Wildman–Crippen MR) is 300 cm³/mol. The van der Waals surface area contributed by atoms with Gasteiger partial charge < -0.3 is 28.5 Å². The molecule has 0 aromatic heterocycles. The monoisotopic (exact) mass is 1010 g/mol. The van der Waals surface area contributed by atoms with Gasteiger partial charge in [0, 0.05) is 12.8 Å². The summed E-state index contributed by atoms with van der Waals surface area (Å²) in [5.74, 6) is -2.00. The lowest BCUT2D eigenvalue weighted by atomic mass is 10.0. The van der Waals surface area contributed by atoms with Crippen LogP contribution >= 0.6 is 0 Å². The van der Waals surface area contributed by atoms with E-state index in [4.69, 9.17) is 18.9 Å². The van der Waals surface area contributed by atoms with Crippen LogP contribution < -0.4 is 0 Å². The summed E-state index contributed by atoms with van der Waals surface area (Å²) in [6, 6.07) is 0. The molecule has 0 rings (SSSR count). The third-order valence-corrected chi connectivity index (χ3v) is 14.0. The fourth-order valence-electron chi connectivity index (χ4n) is 9.25. The molecule has 0 aromatic rings. The second kappa shape index (κ2) is 54.3. The van der Waals surface area contributed by atoms with Crippen LogP contribution in [0, 0.1) is 0 Å². The van der Waals surface area contributed by atoms with Crippen molar-refractivity contribution in [3.63, 3.8) is 0 Å². The van der Waals surface area contributed by atoms with Gasteiger partial charge in [0.05, 0.1) is 34.4 Å². The van der Waals surface area contributed by atoms with Crippen LogP contribution in [-0.4, -0.2) is 87.4 Å². The zero-order valence-electron chi connectivity index (χ0n) is 47.9. The minimum Gasteiger partial charge on any atom is -0.477 e. The number of aliphatic carboxylic acids is 1. The predicted octanol–water partition coefficient (Wildman–Crippen LogP) is 18.1. The van der Waals surface area contributed by atoms with E-state index in [1.807, 2.05) is 21.1 Å². The van der Waals surface area contributed by atoms with Crippen molar-refractivity contribution in [3.8, 4) is 0 Å². The maximum Gasteiger partial charge on any atom is 0.361 e. The molecule has 9 heteroatoms. The van der Waals surface area contributed by atoms with Crippen LogP contribution in [-0.2, 0) is 33.3 Å². The number of hydrogen-bond donors (Lipinski definition) is 1. The second-order valence-electron chi connectivity index (χ2n) is 22.4. The van der Waals surface area contributed by atoms with Gasteiger partial charge in [-0.1, -0.05) is 270 Å². The van der Waals surface area contributed by atoms with Gasteiger partial charge in [0.15, 0.2) is 6.10 Å².